The molecular weight excluding hydrogens is 340 g/mol. The van der Waals surface area contributed by atoms with E-state index in [1.807, 2.05) is 24.3 Å². The molecule has 0 bridgehead atoms. The predicted octanol–water partition coefficient (Wildman–Crippen LogP) is 5.10. The molecule has 2 aromatic carbocycles. The van der Waals surface area contributed by atoms with Gasteiger partial charge in [0.15, 0.2) is 0 Å². The van der Waals surface area contributed by atoms with Gasteiger partial charge in [0.2, 0.25) is 5.95 Å². The number of rotatable bonds is 7. The smallest absolute Gasteiger partial charge is 0.229 e. The molecule has 0 spiro atoms. The Balaban J connectivity index is 1.78. The molecule has 0 unspecified atom stereocenters. The molecule has 0 saturated heterocycles. The van der Waals surface area contributed by atoms with Crippen LogP contribution in [0.4, 0.5) is 23.1 Å². The molecule has 0 aliphatic carbocycles. The zero-order valence-electron chi connectivity index (χ0n) is 16.0. The number of nitrogens with zero attached hydrogens (tertiary/aromatic N) is 2. The molecule has 0 amide bonds. The van der Waals surface area contributed by atoms with Crippen molar-refractivity contribution in [3.05, 3.63) is 60.3 Å². The van der Waals surface area contributed by atoms with E-state index in [0.717, 1.165) is 17.1 Å². The van der Waals surface area contributed by atoms with Gasteiger partial charge in [0.25, 0.3) is 0 Å². The van der Waals surface area contributed by atoms with E-state index in [9.17, 15) is 0 Å². The van der Waals surface area contributed by atoms with Crippen molar-refractivity contribution in [2.45, 2.75) is 19.8 Å². The maximum absolute atomic E-state index is 5.38. The predicted molar refractivity (Wildman–Crippen MR) is 109 cm³/mol. The zero-order chi connectivity index (χ0) is 19.2. The normalized spacial score (nSPS) is 10.6. The Labute approximate surface area is 159 Å². The maximum atomic E-state index is 5.38. The summed E-state index contributed by atoms with van der Waals surface area (Å²) in [6.45, 7) is 4.36. The van der Waals surface area contributed by atoms with Gasteiger partial charge in [-0.25, -0.2) is 4.98 Å². The average molecular weight is 364 g/mol. The molecule has 6 nitrogen and oxygen atoms in total. The molecule has 27 heavy (non-hydrogen) atoms. The SMILES string of the molecule is COc1ccc(OC)c(Nc2nccc(Nc3ccc(C(C)C)cc3)n2)c1. The summed E-state index contributed by atoms with van der Waals surface area (Å²) in [5.74, 6) is 3.07. The monoisotopic (exact) mass is 364 g/mol. The summed E-state index contributed by atoms with van der Waals surface area (Å²) < 4.78 is 10.7. The van der Waals surface area contributed by atoms with Crippen molar-refractivity contribution < 1.29 is 9.47 Å². The van der Waals surface area contributed by atoms with Crippen molar-refractivity contribution in [1.29, 1.82) is 0 Å². The molecule has 0 saturated carbocycles. The van der Waals surface area contributed by atoms with Crippen LogP contribution in [0.2, 0.25) is 0 Å². The first-order chi connectivity index (χ1) is 13.1. The number of aromatic nitrogens is 2. The van der Waals surface area contributed by atoms with E-state index >= 15 is 0 Å². The summed E-state index contributed by atoms with van der Waals surface area (Å²) in [5.41, 5.74) is 3.01. The minimum absolute atomic E-state index is 0.463. The largest absolute Gasteiger partial charge is 0.497 e. The van der Waals surface area contributed by atoms with E-state index in [0.29, 0.717) is 23.4 Å². The Morgan fingerprint density at radius 3 is 2.33 bits per heavy atom. The number of methoxy groups -OCH3 is 2. The van der Waals surface area contributed by atoms with Crippen LogP contribution in [-0.2, 0) is 0 Å². The fraction of sp³-hybridized carbons (Fsp3) is 0.238. The quantitative estimate of drug-likeness (QED) is 0.607. The van der Waals surface area contributed by atoms with Gasteiger partial charge < -0.3 is 20.1 Å². The fourth-order valence-electron chi connectivity index (χ4n) is 2.62. The van der Waals surface area contributed by atoms with Crippen LogP contribution in [0, 0.1) is 0 Å². The number of nitrogens with one attached hydrogen (secondary N) is 2. The third kappa shape index (κ3) is 4.67. The molecule has 0 atom stereocenters. The summed E-state index contributed by atoms with van der Waals surface area (Å²) in [4.78, 5) is 8.81. The van der Waals surface area contributed by atoms with Gasteiger partial charge in [0.1, 0.15) is 17.3 Å². The number of hydrogen-bond donors (Lipinski definition) is 2. The molecule has 140 valence electrons. The molecular formula is C21H24N4O2. The van der Waals surface area contributed by atoms with E-state index in [4.69, 9.17) is 9.47 Å². The van der Waals surface area contributed by atoms with E-state index in [1.54, 1.807) is 20.4 Å². The molecule has 1 heterocycles. The number of ether oxygens (including phenoxy) is 2. The van der Waals surface area contributed by atoms with Crippen LogP contribution < -0.4 is 20.1 Å². The van der Waals surface area contributed by atoms with Gasteiger partial charge in [-0.1, -0.05) is 26.0 Å². The Hall–Kier alpha value is -3.28. The van der Waals surface area contributed by atoms with Gasteiger partial charge in [-0.15, -0.1) is 0 Å². The Bertz CT molecular complexity index is 895. The van der Waals surface area contributed by atoms with Crippen molar-refractivity contribution in [3.8, 4) is 11.5 Å². The van der Waals surface area contributed by atoms with E-state index < -0.39 is 0 Å². The molecule has 0 radical (unpaired) electrons. The molecule has 6 heteroatoms. The van der Waals surface area contributed by atoms with Gasteiger partial charge in [0, 0.05) is 18.0 Å². The fourth-order valence-corrected chi connectivity index (χ4v) is 2.62. The van der Waals surface area contributed by atoms with Crippen LogP contribution in [0.1, 0.15) is 25.3 Å². The summed E-state index contributed by atoms with van der Waals surface area (Å²) >= 11 is 0. The van der Waals surface area contributed by atoms with Gasteiger partial charge in [-0.3, -0.25) is 0 Å². The minimum atomic E-state index is 0.463. The summed E-state index contributed by atoms with van der Waals surface area (Å²) in [6, 6.07) is 15.7. The second kappa shape index (κ2) is 8.40. The van der Waals surface area contributed by atoms with Crippen LogP contribution in [0.15, 0.2) is 54.7 Å². The first kappa shape index (κ1) is 18.5. The van der Waals surface area contributed by atoms with Crippen molar-refractivity contribution in [1.82, 2.24) is 9.97 Å². The molecule has 1 aromatic heterocycles. The summed E-state index contributed by atoms with van der Waals surface area (Å²) in [5, 5.41) is 6.48. The molecule has 0 fully saturated rings. The molecule has 0 aliphatic heterocycles. The number of benzene rings is 2. The van der Waals surface area contributed by atoms with Crippen LogP contribution >= 0.6 is 0 Å². The minimum Gasteiger partial charge on any atom is -0.497 e. The number of anilines is 4. The lowest BCUT2D eigenvalue weighted by molar-refractivity contribution is 0.405. The first-order valence-corrected chi connectivity index (χ1v) is 8.78. The topological polar surface area (TPSA) is 68.3 Å². The van der Waals surface area contributed by atoms with Crippen LogP contribution in [-0.4, -0.2) is 24.2 Å². The van der Waals surface area contributed by atoms with Crippen LogP contribution in [0.5, 0.6) is 11.5 Å². The lowest BCUT2D eigenvalue weighted by Crippen LogP contribution is -2.02. The Morgan fingerprint density at radius 2 is 1.67 bits per heavy atom. The van der Waals surface area contributed by atoms with Crippen molar-refractivity contribution in [2.75, 3.05) is 24.9 Å². The zero-order valence-corrected chi connectivity index (χ0v) is 16.0. The third-order valence-corrected chi connectivity index (χ3v) is 4.16. The summed E-state index contributed by atoms with van der Waals surface area (Å²) in [7, 11) is 3.24. The van der Waals surface area contributed by atoms with Crippen LogP contribution in [0.3, 0.4) is 0 Å². The molecule has 3 rings (SSSR count). The van der Waals surface area contributed by atoms with E-state index in [1.165, 1.54) is 5.56 Å². The Kier molecular flexibility index (Phi) is 5.76. The first-order valence-electron chi connectivity index (χ1n) is 8.78. The van der Waals surface area contributed by atoms with Crippen molar-refractivity contribution in [2.24, 2.45) is 0 Å². The van der Waals surface area contributed by atoms with Gasteiger partial charge in [0.05, 0.1) is 19.9 Å². The third-order valence-electron chi connectivity index (χ3n) is 4.16. The highest BCUT2D eigenvalue weighted by molar-refractivity contribution is 5.66. The van der Waals surface area contributed by atoms with E-state index in [2.05, 4.69) is 58.7 Å². The average Bonchev–Trinajstić information content (AvgIpc) is 2.68. The van der Waals surface area contributed by atoms with E-state index in [-0.39, 0.29) is 0 Å². The molecule has 0 aliphatic rings. The van der Waals surface area contributed by atoms with Crippen LogP contribution in [0.25, 0.3) is 0 Å². The molecule has 2 N–H and O–H groups in total. The molecule has 3 aromatic rings. The highest BCUT2D eigenvalue weighted by Crippen LogP contribution is 2.31. The van der Waals surface area contributed by atoms with Gasteiger partial charge in [-0.05, 0) is 41.8 Å². The number of hydrogen-bond acceptors (Lipinski definition) is 6. The standard InChI is InChI=1S/C21H24N4O2/c1-14(2)15-5-7-16(8-6-15)23-20-11-12-22-21(25-20)24-18-13-17(26-3)9-10-19(18)27-4/h5-14H,1-4H3,(H2,22,23,24,25). The second-order valence-electron chi connectivity index (χ2n) is 6.36. The van der Waals surface area contributed by atoms with Crippen molar-refractivity contribution in [3.63, 3.8) is 0 Å². The lowest BCUT2D eigenvalue weighted by atomic mass is 10.0. The lowest BCUT2D eigenvalue weighted by Gasteiger charge is -2.13. The van der Waals surface area contributed by atoms with Crippen molar-refractivity contribution >= 4 is 23.1 Å². The second-order valence-corrected chi connectivity index (χ2v) is 6.36. The highest BCUT2D eigenvalue weighted by atomic mass is 16.5. The highest BCUT2D eigenvalue weighted by Gasteiger charge is 2.08. The van der Waals surface area contributed by atoms with Gasteiger partial charge in [-0.2, -0.15) is 4.98 Å². The van der Waals surface area contributed by atoms with Gasteiger partial charge >= 0.3 is 0 Å². The Morgan fingerprint density at radius 1 is 0.889 bits per heavy atom. The maximum Gasteiger partial charge on any atom is 0.229 e. The summed E-state index contributed by atoms with van der Waals surface area (Å²) in [6.07, 6.45) is 1.70.